The average Bonchev–Trinajstić information content (AvgIpc) is 2.62. The third-order valence-electron chi connectivity index (χ3n) is 4.12. The van der Waals surface area contributed by atoms with Crippen molar-refractivity contribution >= 4 is 33.0 Å². The lowest BCUT2D eigenvalue weighted by atomic mass is 10.1. The summed E-state index contributed by atoms with van der Waals surface area (Å²) < 4.78 is 25.6. The molecule has 1 heterocycles. The van der Waals surface area contributed by atoms with E-state index in [1.54, 1.807) is 18.2 Å². The molecule has 1 saturated heterocycles. The summed E-state index contributed by atoms with van der Waals surface area (Å²) in [5.74, 6) is -0.389. The summed E-state index contributed by atoms with van der Waals surface area (Å²) in [5.41, 5.74) is 0.690. The molecule has 1 aliphatic rings. The first-order valence-corrected chi connectivity index (χ1v) is 9.65. The van der Waals surface area contributed by atoms with E-state index >= 15 is 0 Å². The Morgan fingerprint density at radius 1 is 1.08 bits per heavy atom. The highest BCUT2D eigenvalue weighted by Crippen LogP contribution is 2.26. The van der Waals surface area contributed by atoms with Gasteiger partial charge < -0.3 is 5.32 Å². The van der Waals surface area contributed by atoms with Crippen molar-refractivity contribution in [1.29, 1.82) is 0 Å². The number of nitro benzene ring substituents is 1. The smallest absolute Gasteiger partial charge is 0.292 e. The zero-order valence-corrected chi connectivity index (χ0v) is 14.6. The summed E-state index contributed by atoms with van der Waals surface area (Å²) in [4.78, 5) is 22.8. The monoisotopic (exact) mass is 375 g/mol. The number of nitro groups is 1. The van der Waals surface area contributed by atoms with Gasteiger partial charge in [-0.2, -0.15) is 0 Å². The third-order valence-corrected chi connectivity index (χ3v) is 5.99. The maximum atomic E-state index is 12.3. The van der Waals surface area contributed by atoms with E-state index in [9.17, 15) is 23.3 Å². The second-order valence-electron chi connectivity index (χ2n) is 5.87. The fourth-order valence-corrected chi connectivity index (χ4v) is 4.43. The number of rotatable bonds is 4. The van der Waals surface area contributed by atoms with Gasteiger partial charge in [-0.25, -0.2) is 8.42 Å². The number of nitrogens with one attached hydrogen (secondary N) is 1. The zero-order valence-electron chi connectivity index (χ0n) is 13.8. The Labute approximate surface area is 150 Å². The van der Waals surface area contributed by atoms with Gasteiger partial charge in [0.25, 0.3) is 11.6 Å². The normalized spacial score (nSPS) is 16.1. The van der Waals surface area contributed by atoms with Gasteiger partial charge in [-0.1, -0.05) is 12.1 Å². The molecule has 136 valence electrons. The number of carbonyl (C=O) groups is 1. The first kappa shape index (κ1) is 17.9. The highest BCUT2D eigenvalue weighted by atomic mass is 32.2. The maximum Gasteiger partial charge on any atom is 0.292 e. The van der Waals surface area contributed by atoms with E-state index in [1.807, 2.05) is 0 Å². The number of para-hydroxylation sites is 2. The minimum Gasteiger partial charge on any atom is -0.316 e. The molecule has 0 aliphatic carbocycles. The molecule has 1 aliphatic heterocycles. The lowest BCUT2D eigenvalue weighted by Gasteiger charge is -2.28. The van der Waals surface area contributed by atoms with Crippen molar-refractivity contribution in [2.24, 2.45) is 0 Å². The van der Waals surface area contributed by atoms with E-state index in [-0.39, 0.29) is 22.7 Å². The van der Waals surface area contributed by atoms with E-state index in [2.05, 4.69) is 5.32 Å². The second kappa shape index (κ2) is 7.12. The van der Waals surface area contributed by atoms with Crippen LogP contribution in [0.1, 0.15) is 23.2 Å². The lowest BCUT2D eigenvalue weighted by molar-refractivity contribution is -0.383. The topological polar surface area (TPSA) is 110 Å². The summed E-state index contributed by atoms with van der Waals surface area (Å²) in [6.07, 6.45) is 1.44. The lowest BCUT2D eigenvalue weighted by Crippen LogP contribution is -2.37. The Balaban J connectivity index is 1.79. The van der Waals surface area contributed by atoms with Crippen LogP contribution in [0.15, 0.2) is 48.5 Å². The fraction of sp³-hybridized carbons (Fsp3) is 0.235. The molecule has 0 radical (unpaired) electrons. The molecule has 2 aromatic rings. The molecule has 0 atom stereocenters. The molecule has 1 N–H and O–H groups in total. The predicted octanol–water partition coefficient (Wildman–Crippen LogP) is 2.78. The summed E-state index contributed by atoms with van der Waals surface area (Å²) in [7, 11) is -3.32. The maximum absolute atomic E-state index is 12.3. The standard InChI is InChI=1S/C17H17N3O5S/c21-17(18-15-5-1-2-6-16(15)20(22)23)13-7-9-14(10-8-13)19-11-3-4-12-26(19,24)25/h1-2,5-10H,3-4,11-12H2,(H,18,21). The minimum absolute atomic E-state index is 0.102. The van der Waals surface area contributed by atoms with E-state index in [4.69, 9.17) is 0 Å². The van der Waals surface area contributed by atoms with Crippen LogP contribution in [-0.4, -0.2) is 31.5 Å². The third kappa shape index (κ3) is 3.67. The largest absolute Gasteiger partial charge is 0.316 e. The number of amides is 1. The molecule has 0 aromatic heterocycles. The highest BCUT2D eigenvalue weighted by molar-refractivity contribution is 7.92. The summed E-state index contributed by atoms with van der Waals surface area (Å²) >= 11 is 0. The van der Waals surface area contributed by atoms with Gasteiger partial charge in [-0.15, -0.1) is 0 Å². The van der Waals surface area contributed by atoms with Gasteiger partial charge in [0.1, 0.15) is 5.69 Å². The van der Waals surface area contributed by atoms with Crippen molar-refractivity contribution < 1.29 is 18.1 Å². The van der Waals surface area contributed by atoms with E-state index in [0.717, 1.165) is 6.42 Å². The van der Waals surface area contributed by atoms with Crippen LogP contribution in [0, 0.1) is 10.1 Å². The van der Waals surface area contributed by atoms with Gasteiger partial charge in [-0.05, 0) is 43.2 Å². The summed E-state index contributed by atoms with van der Waals surface area (Å²) in [6, 6.07) is 12.0. The first-order chi connectivity index (χ1) is 12.4. The van der Waals surface area contributed by atoms with Gasteiger partial charge in [0.05, 0.1) is 16.4 Å². The SMILES string of the molecule is O=C(Nc1ccccc1[N+](=O)[O-])c1ccc(N2CCCCS2(=O)=O)cc1. The Hall–Kier alpha value is -2.94. The van der Waals surface area contributed by atoms with Crippen molar-refractivity contribution in [3.63, 3.8) is 0 Å². The van der Waals surface area contributed by atoms with E-state index < -0.39 is 20.9 Å². The van der Waals surface area contributed by atoms with Crippen molar-refractivity contribution in [2.75, 3.05) is 21.9 Å². The molecular formula is C17H17N3O5S. The number of hydrogen-bond acceptors (Lipinski definition) is 5. The van der Waals surface area contributed by atoms with Crippen LogP contribution in [0.3, 0.4) is 0 Å². The van der Waals surface area contributed by atoms with Crippen LogP contribution < -0.4 is 9.62 Å². The number of hydrogen-bond donors (Lipinski definition) is 1. The molecule has 2 aromatic carbocycles. The van der Waals surface area contributed by atoms with Gasteiger partial charge in [0, 0.05) is 18.2 Å². The molecule has 26 heavy (non-hydrogen) atoms. The molecule has 1 fully saturated rings. The summed E-state index contributed by atoms with van der Waals surface area (Å²) in [5, 5.41) is 13.5. The van der Waals surface area contributed by atoms with Crippen LogP contribution in [-0.2, 0) is 10.0 Å². The second-order valence-corrected chi connectivity index (χ2v) is 7.88. The number of sulfonamides is 1. The Kier molecular flexibility index (Phi) is 4.90. The Morgan fingerprint density at radius 2 is 1.77 bits per heavy atom. The first-order valence-electron chi connectivity index (χ1n) is 8.04. The minimum atomic E-state index is -3.32. The highest BCUT2D eigenvalue weighted by Gasteiger charge is 2.26. The zero-order chi connectivity index (χ0) is 18.7. The van der Waals surface area contributed by atoms with Crippen molar-refractivity contribution in [1.82, 2.24) is 0 Å². The van der Waals surface area contributed by atoms with Crippen LogP contribution in [0.4, 0.5) is 17.1 Å². The van der Waals surface area contributed by atoms with Crippen LogP contribution in [0.2, 0.25) is 0 Å². The van der Waals surface area contributed by atoms with Gasteiger partial charge in [-0.3, -0.25) is 19.2 Å². The van der Waals surface area contributed by atoms with Gasteiger partial charge in [0.15, 0.2) is 0 Å². The number of nitrogens with zero attached hydrogens (tertiary/aromatic N) is 2. The Morgan fingerprint density at radius 3 is 2.42 bits per heavy atom. The van der Waals surface area contributed by atoms with Crippen molar-refractivity contribution in [3.8, 4) is 0 Å². The molecule has 8 nitrogen and oxygen atoms in total. The average molecular weight is 375 g/mol. The van der Waals surface area contributed by atoms with Crippen LogP contribution >= 0.6 is 0 Å². The molecule has 9 heteroatoms. The quantitative estimate of drug-likeness (QED) is 0.653. The molecular weight excluding hydrogens is 358 g/mol. The van der Waals surface area contributed by atoms with Gasteiger partial charge >= 0.3 is 0 Å². The fourth-order valence-electron chi connectivity index (χ4n) is 2.79. The van der Waals surface area contributed by atoms with Gasteiger partial charge in [0.2, 0.25) is 10.0 Å². The van der Waals surface area contributed by atoms with Crippen LogP contribution in [0.5, 0.6) is 0 Å². The number of anilines is 2. The number of benzene rings is 2. The van der Waals surface area contributed by atoms with E-state index in [0.29, 0.717) is 18.7 Å². The molecule has 1 amide bonds. The Bertz CT molecular complexity index is 941. The predicted molar refractivity (Wildman–Crippen MR) is 97.9 cm³/mol. The molecule has 0 spiro atoms. The summed E-state index contributed by atoms with van der Waals surface area (Å²) in [6.45, 7) is 0.421. The number of carbonyl (C=O) groups excluding carboxylic acids is 1. The molecule has 3 rings (SSSR count). The van der Waals surface area contributed by atoms with Crippen LogP contribution in [0.25, 0.3) is 0 Å². The van der Waals surface area contributed by atoms with Crippen molar-refractivity contribution in [2.45, 2.75) is 12.8 Å². The van der Waals surface area contributed by atoms with E-state index in [1.165, 1.54) is 34.6 Å². The molecule has 0 bridgehead atoms. The van der Waals surface area contributed by atoms with Crippen molar-refractivity contribution in [3.05, 3.63) is 64.2 Å². The molecule has 0 saturated carbocycles. The molecule has 0 unspecified atom stereocenters.